The largest absolute Gasteiger partial charge is 0.484 e. The molecule has 0 aromatic heterocycles. The third kappa shape index (κ3) is 5.70. The quantitative estimate of drug-likeness (QED) is 0.611. The molecule has 1 aliphatic heterocycles. The minimum atomic E-state index is -0.330. The lowest BCUT2D eigenvalue weighted by molar-refractivity contribution is -0.123. The van der Waals surface area contributed by atoms with Crippen LogP contribution in [-0.4, -0.2) is 45.0 Å². The Hall–Kier alpha value is -2.57. The van der Waals surface area contributed by atoms with Crippen molar-refractivity contribution in [3.63, 3.8) is 0 Å². The van der Waals surface area contributed by atoms with Crippen LogP contribution in [0.5, 0.6) is 5.75 Å². The van der Waals surface area contributed by atoms with Gasteiger partial charge < -0.3 is 14.4 Å². The van der Waals surface area contributed by atoms with Crippen LogP contribution < -0.4 is 15.1 Å². The predicted octanol–water partition coefficient (Wildman–Crippen LogP) is 3.01. The van der Waals surface area contributed by atoms with Gasteiger partial charge in [-0.05, 0) is 54.4 Å². The van der Waals surface area contributed by atoms with E-state index in [4.69, 9.17) is 21.1 Å². The molecule has 142 valence electrons. The van der Waals surface area contributed by atoms with Crippen LogP contribution in [0, 0.1) is 6.92 Å². The number of benzene rings is 2. The van der Waals surface area contributed by atoms with Gasteiger partial charge in [0.25, 0.3) is 5.91 Å². The van der Waals surface area contributed by atoms with Gasteiger partial charge in [-0.25, -0.2) is 5.43 Å². The highest BCUT2D eigenvalue weighted by Crippen LogP contribution is 2.19. The maximum atomic E-state index is 11.8. The van der Waals surface area contributed by atoms with Crippen molar-refractivity contribution in [1.82, 2.24) is 5.43 Å². The van der Waals surface area contributed by atoms with Gasteiger partial charge in [0.1, 0.15) is 5.75 Å². The third-order valence-corrected chi connectivity index (χ3v) is 4.46. The summed E-state index contributed by atoms with van der Waals surface area (Å²) in [5.74, 6) is 0.247. The molecule has 3 rings (SSSR count). The maximum absolute atomic E-state index is 11.8. The van der Waals surface area contributed by atoms with Crippen molar-refractivity contribution in [3.05, 3.63) is 58.6 Å². The van der Waals surface area contributed by atoms with Gasteiger partial charge in [0.15, 0.2) is 6.61 Å². The second kappa shape index (κ2) is 9.39. The van der Waals surface area contributed by atoms with E-state index in [0.29, 0.717) is 10.8 Å². The number of nitrogens with one attached hydrogen (secondary N) is 1. The minimum Gasteiger partial charge on any atom is -0.484 e. The van der Waals surface area contributed by atoms with Crippen molar-refractivity contribution >= 4 is 29.4 Å². The van der Waals surface area contributed by atoms with Crippen molar-refractivity contribution in [1.29, 1.82) is 0 Å². The topological polar surface area (TPSA) is 63.2 Å². The van der Waals surface area contributed by atoms with E-state index in [1.165, 1.54) is 5.69 Å². The molecule has 0 bridgehead atoms. The van der Waals surface area contributed by atoms with Crippen LogP contribution in [0.15, 0.2) is 47.6 Å². The van der Waals surface area contributed by atoms with Crippen LogP contribution in [0.3, 0.4) is 0 Å². The summed E-state index contributed by atoms with van der Waals surface area (Å²) in [6.45, 7) is 5.22. The van der Waals surface area contributed by atoms with Crippen LogP contribution in [0.2, 0.25) is 5.02 Å². The summed E-state index contributed by atoms with van der Waals surface area (Å²) < 4.78 is 10.8. The molecule has 1 amide bonds. The first-order valence-electron chi connectivity index (χ1n) is 8.75. The van der Waals surface area contributed by atoms with Crippen molar-refractivity contribution in [2.24, 2.45) is 5.10 Å². The van der Waals surface area contributed by atoms with Crippen molar-refractivity contribution in [2.45, 2.75) is 6.92 Å². The molecular weight excluding hydrogens is 366 g/mol. The summed E-state index contributed by atoms with van der Waals surface area (Å²) in [6, 6.07) is 13.0. The normalized spacial score (nSPS) is 14.4. The number of rotatable bonds is 6. The molecule has 2 aromatic carbocycles. The van der Waals surface area contributed by atoms with E-state index < -0.39 is 0 Å². The summed E-state index contributed by atoms with van der Waals surface area (Å²) in [7, 11) is 0. The Bertz CT molecular complexity index is 803. The number of halogens is 1. The van der Waals surface area contributed by atoms with E-state index in [2.05, 4.69) is 27.6 Å². The van der Waals surface area contributed by atoms with Crippen LogP contribution in [0.25, 0.3) is 0 Å². The number of anilines is 1. The van der Waals surface area contributed by atoms with E-state index in [9.17, 15) is 4.79 Å². The number of amides is 1. The summed E-state index contributed by atoms with van der Waals surface area (Å²) in [6.07, 6.45) is 1.64. The highest BCUT2D eigenvalue weighted by Gasteiger charge is 2.11. The van der Waals surface area contributed by atoms with E-state index in [1.54, 1.807) is 30.5 Å². The molecule has 1 fully saturated rings. The summed E-state index contributed by atoms with van der Waals surface area (Å²) in [4.78, 5) is 14.1. The van der Waals surface area contributed by atoms with Crippen LogP contribution in [-0.2, 0) is 9.53 Å². The Labute approximate surface area is 163 Å². The standard InChI is InChI=1S/C20H22ClN3O3/c1-15-12-18(24-8-10-26-11-9-24)5-2-16(15)13-22-23-20(25)14-27-19-6-3-17(21)4-7-19/h2-7,12-13H,8-11,14H2,1H3,(H,23,25)/b22-13-. The summed E-state index contributed by atoms with van der Waals surface area (Å²) in [5, 5.41) is 4.63. The van der Waals surface area contributed by atoms with Crippen molar-refractivity contribution in [3.8, 4) is 5.75 Å². The number of hydrogen-bond acceptors (Lipinski definition) is 5. The van der Waals surface area contributed by atoms with E-state index in [-0.39, 0.29) is 12.5 Å². The second-order valence-corrected chi connectivity index (χ2v) is 6.61. The maximum Gasteiger partial charge on any atom is 0.277 e. The van der Waals surface area contributed by atoms with E-state index >= 15 is 0 Å². The first-order valence-corrected chi connectivity index (χ1v) is 9.13. The molecule has 0 radical (unpaired) electrons. The highest BCUT2D eigenvalue weighted by atomic mass is 35.5. The number of nitrogens with zero attached hydrogens (tertiary/aromatic N) is 2. The molecule has 0 unspecified atom stereocenters. The molecule has 7 heteroatoms. The predicted molar refractivity (Wildman–Crippen MR) is 107 cm³/mol. The molecular formula is C20H22ClN3O3. The van der Waals surface area contributed by atoms with Gasteiger partial charge in [-0.3, -0.25) is 4.79 Å². The van der Waals surface area contributed by atoms with Gasteiger partial charge in [-0.1, -0.05) is 17.7 Å². The molecule has 1 N–H and O–H groups in total. The summed E-state index contributed by atoms with van der Waals surface area (Å²) >= 11 is 5.81. The Morgan fingerprint density at radius 3 is 2.70 bits per heavy atom. The van der Waals surface area contributed by atoms with Crippen molar-refractivity contribution in [2.75, 3.05) is 37.8 Å². The highest BCUT2D eigenvalue weighted by molar-refractivity contribution is 6.30. The Morgan fingerprint density at radius 2 is 2.00 bits per heavy atom. The van der Waals surface area contributed by atoms with Crippen LogP contribution in [0.4, 0.5) is 5.69 Å². The Balaban J connectivity index is 1.49. The molecule has 1 aliphatic rings. The Morgan fingerprint density at radius 1 is 1.26 bits per heavy atom. The summed E-state index contributed by atoms with van der Waals surface area (Å²) in [5.41, 5.74) is 5.69. The molecule has 0 aliphatic carbocycles. The van der Waals surface area contributed by atoms with Crippen molar-refractivity contribution < 1.29 is 14.3 Å². The zero-order chi connectivity index (χ0) is 19.1. The Kier molecular flexibility index (Phi) is 6.68. The number of carbonyl (C=O) groups is 1. The zero-order valence-corrected chi connectivity index (χ0v) is 15.9. The molecule has 27 heavy (non-hydrogen) atoms. The molecule has 0 atom stereocenters. The lowest BCUT2D eigenvalue weighted by atomic mass is 10.1. The van der Waals surface area contributed by atoms with Gasteiger partial charge in [0, 0.05) is 23.8 Å². The second-order valence-electron chi connectivity index (χ2n) is 6.18. The lowest BCUT2D eigenvalue weighted by Crippen LogP contribution is -2.36. The number of hydrazone groups is 1. The number of aryl methyl sites for hydroxylation is 1. The van der Waals surface area contributed by atoms with Crippen LogP contribution >= 0.6 is 11.6 Å². The number of ether oxygens (including phenoxy) is 2. The monoisotopic (exact) mass is 387 g/mol. The molecule has 1 heterocycles. The van der Waals surface area contributed by atoms with Crippen LogP contribution in [0.1, 0.15) is 11.1 Å². The van der Waals surface area contributed by atoms with Gasteiger partial charge in [-0.2, -0.15) is 5.10 Å². The fourth-order valence-corrected chi connectivity index (χ4v) is 2.83. The number of carbonyl (C=O) groups excluding carboxylic acids is 1. The van der Waals surface area contributed by atoms with E-state index in [0.717, 1.165) is 37.4 Å². The fraction of sp³-hybridized carbons (Fsp3) is 0.300. The minimum absolute atomic E-state index is 0.117. The SMILES string of the molecule is Cc1cc(N2CCOCC2)ccc1/C=N\NC(=O)COc1ccc(Cl)cc1. The van der Waals surface area contributed by atoms with Gasteiger partial charge in [0.2, 0.25) is 0 Å². The zero-order valence-electron chi connectivity index (χ0n) is 15.2. The average molecular weight is 388 g/mol. The van der Waals surface area contributed by atoms with E-state index in [1.807, 2.05) is 13.0 Å². The molecule has 2 aromatic rings. The third-order valence-electron chi connectivity index (χ3n) is 4.21. The van der Waals surface area contributed by atoms with Gasteiger partial charge >= 0.3 is 0 Å². The molecule has 1 saturated heterocycles. The average Bonchev–Trinajstić information content (AvgIpc) is 2.69. The molecule has 6 nitrogen and oxygen atoms in total. The lowest BCUT2D eigenvalue weighted by Gasteiger charge is -2.29. The number of hydrogen-bond donors (Lipinski definition) is 1. The smallest absolute Gasteiger partial charge is 0.277 e. The molecule has 0 saturated carbocycles. The van der Waals surface area contributed by atoms with Gasteiger partial charge in [-0.15, -0.1) is 0 Å². The number of morpholine rings is 1. The first-order chi connectivity index (χ1) is 13.1. The molecule has 0 spiro atoms. The first kappa shape index (κ1) is 19.2. The fourth-order valence-electron chi connectivity index (χ4n) is 2.71. The van der Waals surface area contributed by atoms with Gasteiger partial charge in [0.05, 0.1) is 19.4 Å².